The number of carbonyl (C=O) groups is 2. The predicted octanol–water partition coefficient (Wildman–Crippen LogP) is 2.08. The van der Waals surface area contributed by atoms with E-state index in [2.05, 4.69) is 5.32 Å². The maximum Gasteiger partial charge on any atom is 0.251 e. The fourth-order valence-corrected chi connectivity index (χ4v) is 2.84. The Balaban J connectivity index is 1.52. The number of nitrogens with zero attached hydrogens (tertiary/aromatic N) is 1. The summed E-state index contributed by atoms with van der Waals surface area (Å²) >= 11 is 5.86. The Morgan fingerprint density at radius 3 is 2.90 bits per heavy atom. The third-order valence-corrected chi connectivity index (χ3v) is 4.10. The van der Waals surface area contributed by atoms with Gasteiger partial charge in [-0.15, -0.1) is 0 Å². The van der Waals surface area contributed by atoms with Gasteiger partial charge in [0.1, 0.15) is 0 Å². The quantitative estimate of drug-likeness (QED) is 0.924. The van der Waals surface area contributed by atoms with Gasteiger partial charge in [0.05, 0.1) is 0 Å². The fraction of sp³-hybridized carbons (Fsp3) is 0.467. The van der Waals surface area contributed by atoms with Gasteiger partial charge in [0.15, 0.2) is 0 Å². The lowest BCUT2D eigenvalue weighted by atomic mass is 10.1. The molecule has 2 aliphatic rings. The highest BCUT2D eigenvalue weighted by atomic mass is 35.5. The second kappa shape index (κ2) is 5.44. The Morgan fingerprint density at radius 1 is 1.40 bits per heavy atom. The molecule has 1 aromatic rings. The van der Waals surface area contributed by atoms with E-state index in [9.17, 15) is 9.59 Å². The van der Waals surface area contributed by atoms with Crippen molar-refractivity contribution in [1.82, 2.24) is 10.2 Å². The highest BCUT2D eigenvalue weighted by molar-refractivity contribution is 6.30. The summed E-state index contributed by atoms with van der Waals surface area (Å²) in [5.74, 6) is 0.325. The normalized spacial score (nSPS) is 22.1. The maximum atomic E-state index is 12.0. The predicted molar refractivity (Wildman–Crippen MR) is 76.6 cm³/mol. The van der Waals surface area contributed by atoms with Crippen molar-refractivity contribution in [2.75, 3.05) is 13.1 Å². The number of hydrogen-bond donors (Lipinski definition) is 1. The highest BCUT2D eigenvalue weighted by Crippen LogP contribution is 2.32. The SMILES string of the molecule is O=C(NCC1CC(=O)N(C2CC2)C1)c1cccc(Cl)c1. The van der Waals surface area contributed by atoms with Gasteiger partial charge in [0, 0.05) is 42.1 Å². The van der Waals surface area contributed by atoms with Crippen LogP contribution in [-0.4, -0.2) is 35.8 Å². The zero-order chi connectivity index (χ0) is 14.1. The Kier molecular flexibility index (Phi) is 3.66. The van der Waals surface area contributed by atoms with Crippen molar-refractivity contribution >= 4 is 23.4 Å². The Morgan fingerprint density at radius 2 is 2.20 bits per heavy atom. The Hall–Kier alpha value is -1.55. The van der Waals surface area contributed by atoms with Gasteiger partial charge in [-0.2, -0.15) is 0 Å². The van der Waals surface area contributed by atoms with Crippen LogP contribution in [-0.2, 0) is 4.79 Å². The zero-order valence-corrected chi connectivity index (χ0v) is 11.9. The van der Waals surface area contributed by atoms with Gasteiger partial charge >= 0.3 is 0 Å². The molecule has 1 atom stereocenters. The van der Waals surface area contributed by atoms with Crippen molar-refractivity contribution in [1.29, 1.82) is 0 Å². The van der Waals surface area contributed by atoms with Crippen LogP contribution in [0.3, 0.4) is 0 Å². The summed E-state index contributed by atoms with van der Waals surface area (Å²) in [6, 6.07) is 7.34. The third kappa shape index (κ3) is 2.96. The number of benzene rings is 1. The molecule has 1 saturated carbocycles. The Bertz CT molecular complexity index is 542. The van der Waals surface area contributed by atoms with E-state index in [0.717, 1.165) is 19.4 Å². The van der Waals surface area contributed by atoms with Gasteiger partial charge in [-0.25, -0.2) is 0 Å². The molecule has 1 N–H and O–H groups in total. The van der Waals surface area contributed by atoms with Crippen molar-refractivity contribution in [2.24, 2.45) is 5.92 Å². The van der Waals surface area contributed by atoms with Crippen LogP contribution in [0, 0.1) is 5.92 Å². The summed E-state index contributed by atoms with van der Waals surface area (Å²) in [6.07, 6.45) is 2.81. The van der Waals surface area contributed by atoms with Crippen molar-refractivity contribution in [2.45, 2.75) is 25.3 Å². The standard InChI is InChI=1S/C15H17ClN2O2/c16-12-3-1-2-11(7-12)15(20)17-8-10-6-14(19)18(9-10)13-4-5-13/h1-3,7,10,13H,4-6,8-9H2,(H,17,20). The molecule has 1 aliphatic carbocycles. The van der Waals surface area contributed by atoms with Crippen LogP contribution in [0.2, 0.25) is 5.02 Å². The van der Waals surface area contributed by atoms with Crippen molar-refractivity contribution in [3.8, 4) is 0 Å². The van der Waals surface area contributed by atoms with E-state index < -0.39 is 0 Å². The summed E-state index contributed by atoms with van der Waals surface area (Å²) in [5.41, 5.74) is 0.556. The smallest absolute Gasteiger partial charge is 0.251 e. The van der Waals surface area contributed by atoms with Crippen LogP contribution < -0.4 is 5.32 Å². The first-order valence-electron chi connectivity index (χ1n) is 6.96. The molecule has 2 fully saturated rings. The number of halogens is 1. The second-order valence-corrected chi connectivity index (χ2v) is 6.00. The molecule has 0 bridgehead atoms. The molecule has 20 heavy (non-hydrogen) atoms. The van der Waals surface area contributed by atoms with Crippen LogP contribution in [0.25, 0.3) is 0 Å². The fourth-order valence-electron chi connectivity index (χ4n) is 2.65. The summed E-state index contributed by atoms with van der Waals surface area (Å²) in [7, 11) is 0. The molecule has 1 unspecified atom stereocenters. The van der Waals surface area contributed by atoms with E-state index >= 15 is 0 Å². The van der Waals surface area contributed by atoms with E-state index in [4.69, 9.17) is 11.6 Å². The Labute approximate surface area is 123 Å². The summed E-state index contributed by atoms with van der Waals surface area (Å²) < 4.78 is 0. The van der Waals surface area contributed by atoms with Gasteiger partial charge in [-0.05, 0) is 31.0 Å². The lowest BCUT2D eigenvalue weighted by Crippen LogP contribution is -2.32. The van der Waals surface area contributed by atoms with E-state index in [0.29, 0.717) is 29.6 Å². The average Bonchev–Trinajstić information content (AvgIpc) is 3.20. The molecule has 1 heterocycles. The lowest BCUT2D eigenvalue weighted by Gasteiger charge is -2.15. The molecule has 1 saturated heterocycles. The summed E-state index contributed by atoms with van der Waals surface area (Å²) in [4.78, 5) is 25.8. The molecule has 106 valence electrons. The molecule has 0 aromatic heterocycles. The number of nitrogens with one attached hydrogen (secondary N) is 1. The van der Waals surface area contributed by atoms with E-state index in [1.54, 1.807) is 24.3 Å². The van der Waals surface area contributed by atoms with Crippen LogP contribution >= 0.6 is 11.6 Å². The van der Waals surface area contributed by atoms with Gasteiger partial charge in [-0.1, -0.05) is 17.7 Å². The lowest BCUT2D eigenvalue weighted by molar-refractivity contribution is -0.128. The minimum atomic E-state index is -0.134. The van der Waals surface area contributed by atoms with Gasteiger partial charge in [0.25, 0.3) is 5.91 Å². The molecule has 0 radical (unpaired) electrons. The molecular weight excluding hydrogens is 276 g/mol. The van der Waals surface area contributed by atoms with Gasteiger partial charge < -0.3 is 10.2 Å². The van der Waals surface area contributed by atoms with Gasteiger partial charge in [-0.3, -0.25) is 9.59 Å². The first-order chi connectivity index (χ1) is 9.63. The number of amides is 2. The summed E-state index contributed by atoms with van der Waals surface area (Å²) in [5, 5.41) is 3.44. The van der Waals surface area contributed by atoms with E-state index in [-0.39, 0.29) is 17.7 Å². The van der Waals surface area contributed by atoms with Gasteiger partial charge in [0.2, 0.25) is 5.91 Å². The monoisotopic (exact) mass is 292 g/mol. The van der Waals surface area contributed by atoms with E-state index in [1.165, 1.54) is 0 Å². The van der Waals surface area contributed by atoms with Crippen LogP contribution in [0.4, 0.5) is 0 Å². The van der Waals surface area contributed by atoms with Crippen LogP contribution in [0.1, 0.15) is 29.6 Å². The van der Waals surface area contributed by atoms with Crippen molar-refractivity contribution in [3.63, 3.8) is 0 Å². The number of carbonyl (C=O) groups excluding carboxylic acids is 2. The first-order valence-corrected chi connectivity index (χ1v) is 7.34. The second-order valence-electron chi connectivity index (χ2n) is 5.57. The number of hydrogen-bond acceptors (Lipinski definition) is 2. The van der Waals surface area contributed by atoms with Crippen molar-refractivity contribution < 1.29 is 9.59 Å². The molecule has 0 spiro atoms. The first kappa shape index (κ1) is 13.4. The molecule has 2 amide bonds. The zero-order valence-electron chi connectivity index (χ0n) is 11.1. The summed E-state index contributed by atoms with van der Waals surface area (Å²) in [6.45, 7) is 1.32. The van der Waals surface area contributed by atoms with E-state index in [1.807, 2.05) is 4.90 Å². The number of rotatable bonds is 4. The topological polar surface area (TPSA) is 49.4 Å². The highest BCUT2D eigenvalue weighted by Gasteiger charge is 2.39. The van der Waals surface area contributed by atoms with Crippen LogP contribution in [0.5, 0.6) is 0 Å². The third-order valence-electron chi connectivity index (χ3n) is 3.86. The van der Waals surface area contributed by atoms with Crippen molar-refractivity contribution in [3.05, 3.63) is 34.9 Å². The molecule has 1 aliphatic heterocycles. The molecule has 4 nitrogen and oxygen atoms in total. The minimum absolute atomic E-state index is 0.134. The van der Waals surface area contributed by atoms with Crippen LogP contribution in [0.15, 0.2) is 24.3 Å². The maximum absolute atomic E-state index is 12.0. The molecular formula is C15H17ClN2O2. The largest absolute Gasteiger partial charge is 0.352 e. The molecule has 3 rings (SSSR count). The molecule has 1 aromatic carbocycles. The average molecular weight is 293 g/mol. The minimum Gasteiger partial charge on any atom is -0.352 e. The number of likely N-dealkylation sites (tertiary alicyclic amines) is 1. The molecule has 5 heteroatoms.